The molecule has 0 radical (unpaired) electrons. The normalized spacial score (nSPS) is 12.0. The minimum Gasteiger partial charge on any atom is -0.330 e. The van der Waals surface area contributed by atoms with E-state index >= 15 is 0 Å². The average Bonchev–Trinajstić information content (AvgIpc) is 2.26. The van der Waals surface area contributed by atoms with Gasteiger partial charge < -0.3 is 5.73 Å². The minimum absolute atomic E-state index is 0.373. The number of aryl methyl sites for hydroxylation is 1. The van der Waals surface area contributed by atoms with E-state index in [4.69, 9.17) is 5.73 Å². The first-order chi connectivity index (χ1) is 7.48. The van der Waals surface area contributed by atoms with Crippen LogP contribution in [0, 0.1) is 0 Å². The fraction of sp³-hybridized carbons (Fsp3) is 0.500. The van der Waals surface area contributed by atoms with Gasteiger partial charge in [0.1, 0.15) is 0 Å². The molecular formula is C12H19NO2S. The summed E-state index contributed by atoms with van der Waals surface area (Å²) in [5, 5.41) is -0.373. The Labute approximate surface area is 97.6 Å². The number of nitrogens with two attached hydrogens (primary N) is 1. The molecule has 90 valence electrons. The number of sulfone groups is 1. The monoisotopic (exact) mass is 241 g/mol. The van der Waals surface area contributed by atoms with Crippen molar-refractivity contribution in [3.63, 3.8) is 0 Å². The molecule has 0 aliphatic carbocycles. The van der Waals surface area contributed by atoms with Crippen LogP contribution in [-0.2, 0) is 16.3 Å². The third-order valence-electron chi connectivity index (χ3n) is 2.54. The topological polar surface area (TPSA) is 60.2 Å². The molecule has 1 aromatic carbocycles. The highest BCUT2D eigenvalue weighted by atomic mass is 32.2. The van der Waals surface area contributed by atoms with Crippen molar-refractivity contribution in [1.82, 2.24) is 0 Å². The van der Waals surface area contributed by atoms with Gasteiger partial charge >= 0.3 is 0 Å². The van der Waals surface area contributed by atoms with Crippen molar-refractivity contribution in [2.45, 2.75) is 36.8 Å². The molecule has 4 heteroatoms. The van der Waals surface area contributed by atoms with Gasteiger partial charge in [-0.05, 0) is 50.9 Å². The van der Waals surface area contributed by atoms with Gasteiger partial charge in [-0.15, -0.1) is 0 Å². The van der Waals surface area contributed by atoms with Crippen LogP contribution in [0.2, 0.25) is 0 Å². The molecule has 0 fully saturated rings. The molecule has 0 bridgehead atoms. The molecule has 16 heavy (non-hydrogen) atoms. The Morgan fingerprint density at radius 2 is 1.75 bits per heavy atom. The summed E-state index contributed by atoms with van der Waals surface area (Å²) >= 11 is 0. The van der Waals surface area contributed by atoms with E-state index in [0.29, 0.717) is 11.4 Å². The van der Waals surface area contributed by atoms with E-state index in [9.17, 15) is 8.42 Å². The highest BCUT2D eigenvalue weighted by Crippen LogP contribution is 2.16. The highest BCUT2D eigenvalue weighted by Gasteiger charge is 2.18. The lowest BCUT2D eigenvalue weighted by Gasteiger charge is -2.08. The van der Waals surface area contributed by atoms with Crippen molar-refractivity contribution in [3.8, 4) is 0 Å². The van der Waals surface area contributed by atoms with Crippen LogP contribution in [-0.4, -0.2) is 20.2 Å². The van der Waals surface area contributed by atoms with Crippen LogP contribution in [0.25, 0.3) is 0 Å². The number of rotatable bonds is 5. The molecule has 0 aliphatic heterocycles. The van der Waals surface area contributed by atoms with E-state index in [1.165, 1.54) is 0 Å². The zero-order valence-electron chi connectivity index (χ0n) is 9.81. The molecule has 1 rings (SSSR count). The molecule has 0 aromatic heterocycles. The van der Waals surface area contributed by atoms with Gasteiger partial charge in [-0.25, -0.2) is 8.42 Å². The van der Waals surface area contributed by atoms with Crippen molar-refractivity contribution in [2.24, 2.45) is 5.73 Å². The lowest BCUT2D eigenvalue weighted by Crippen LogP contribution is -2.13. The third kappa shape index (κ3) is 3.06. The first-order valence-electron chi connectivity index (χ1n) is 5.51. The number of hydrogen-bond donors (Lipinski definition) is 1. The lowest BCUT2D eigenvalue weighted by atomic mass is 10.1. The summed E-state index contributed by atoms with van der Waals surface area (Å²) in [4.78, 5) is 0.402. The molecule has 0 atom stereocenters. The first kappa shape index (κ1) is 13.2. The van der Waals surface area contributed by atoms with E-state index in [1.807, 2.05) is 12.1 Å². The average molecular weight is 241 g/mol. The smallest absolute Gasteiger partial charge is 0.180 e. The Morgan fingerprint density at radius 1 is 1.19 bits per heavy atom. The highest BCUT2D eigenvalue weighted by molar-refractivity contribution is 7.92. The second kappa shape index (κ2) is 5.46. The Hall–Kier alpha value is -0.870. The zero-order valence-corrected chi connectivity index (χ0v) is 10.6. The zero-order chi connectivity index (χ0) is 12.2. The van der Waals surface area contributed by atoms with Crippen LogP contribution in [0.15, 0.2) is 29.2 Å². The van der Waals surface area contributed by atoms with Crippen LogP contribution >= 0.6 is 0 Å². The molecule has 0 spiro atoms. The van der Waals surface area contributed by atoms with Crippen LogP contribution in [0.4, 0.5) is 0 Å². The molecule has 1 aromatic rings. The molecule has 3 nitrogen and oxygen atoms in total. The van der Waals surface area contributed by atoms with Gasteiger partial charge in [0.05, 0.1) is 10.1 Å². The largest absolute Gasteiger partial charge is 0.330 e. The Kier molecular flexibility index (Phi) is 4.50. The van der Waals surface area contributed by atoms with Crippen molar-refractivity contribution in [2.75, 3.05) is 6.54 Å². The predicted molar refractivity (Wildman–Crippen MR) is 66.1 cm³/mol. The maximum Gasteiger partial charge on any atom is 0.180 e. The van der Waals surface area contributed by atoms with Crippen LogP contribution in [0.1, 0.15) is 25.8 Å². The molecule has 0 saturated carbocycles. The summed E-state index contributed by atoms with van der Waals surface area (Å²) in [5.74, 6) is 0. The summed E-state index contributed by atoms with van der Waals surface area (Å²) < 4.78 is 23.7. The van der Waals surface area contributed by atoms with Gasteiger partial charge in [0.15, 0.2) is 9.84 Å². The van der Waals surface area contributed by atoms with E-state index in [-0.39, 0.29) is 5.25 Å². The summed E-state index contributed by atoms with van der Waals surface area (Å²) in [7, 11) is -3.14. The summed E-state index contributed by atoms with van der Waals surface area (Å²) in [6.07, 6.45) is 1.83. The van der Waals surface area contributed by atoms with Crippen LogP contribution in [0.5, 0.6) is 0 Å². The third-order valence-corrected chi connectivity index (χ3v) is 4.71. The standard InChI is InChI=1S/C12H19NO2S/c1-10(2)16(14,15)12-7-5-11(6-8-12)4-3-9-13/h5-8,10H,3-4,9,13H2,1-2H3. The van der Waals surface area contributed by atoms with Gasteiger partial charge in [0, 0.05) is 0 Å². The number of hydrogen-bond acceptors (Lipinski definition) is 3. The fourth-order valence-corrected chi connectivity index (χ4v) is 2.48. The van der Waals surface area contributed by atoms with Gasteiger partial charge in [-0.2, -0.15) is 0 Å². The van der Waals surface area contributed by atoms with Gasteiger partial charge in [0.25, 0.3) is 0 Å². The van der Waals surface area contributed by atoms with E-state index in [2.05, 4.69) is 0 Å². The molecule has 0 aliphatic rings. The van der Waals surface area contributed by atoms with Crippen molar-refractivity contribution < 1.29 is 8.42 Å². The maximum atomic E-state index is 11.8. The second-order valence-electron chi connectivity index (χ2n) is 4.13. The molecule has 0 heterocycles. The molecule has 0 unspecified atom stereocenters. The Morgan fingerprint density at radius 3 is 2.19 bits per heavy atom. The SMILES string of the molecule is CC(C)S(=O)(=O)c1ccc(CCCN)cc1. The molecule has 0 saturated heterocycles. The van der Waals surface area contributed by atoms with Gasteiger partial charge in [0.2, 0.25) is 0 Å². The quantitative estimate of drug-likeness (QED) is 0.854. The Bertz CT molecular complexity index is 421. The summed E-state index contributed by atoms with van der Waals surface area (Å²) in [6, 6.07) is 7.10. The predicted octanol–water partition coefficient (Wildman–Crippen LogP) is 1.76. The molecular weight excluding hydrogens is 222 g/mol. The lowest BCUT2D eigenvalue weighted by molar-refractivity contribution is 0.587. The second-order valence-corrected chi connectivity index (χ2v) is 6.63. The van der Waals surface area contributed by atoms with E-state index in [1.54, 1.807) is 26.0 Å². The maximum absolute atomic E-state index is 11.8. The molecule has 2 N–H and O–H groups in total. The van der Waals surface area contributed by atoms with Gasteiger partial charge in [-0.1, -0.05) is 12.1 Å². The van der Waals surface area contributed by atoms with E-state index in [0.717, 1.165) is 18.4 Å². The summed E-state index contributed by atoms with van der Waals surface area (Å²) in [5.41, 5.74) is 6.55. The van der Waals surface area contributed by atoms with Crippen molar-refractivity contribution >= 4 is 9.84 Å². The Balaban J connectivity index is 2.87. The van der Waals surface area contributed by atoms with Crippen LogP contribution < -0.4 is 5.73 Å². The van der Waals surface area contributed by atoms with Crippen LogP contribution in [0.3, 0.4) is 0 Å². The minimum atomic E-state index is -3.14. The van der Waals surface area contributed by atoms with Crippen molar-refractivity contribution in [3.05, 3.63) is 29.8 Å². The molecule has 0 amide bonds. The van der Waals surface area contributed by atoms with E-state index < -0.39 is 9.84 Å². The first-order valence-corrected chi connectivity index (χ1v) is 7.06. The number of benzene rings is 1. The van der Waals surface area contributed by atoms with Crippen molar-refractivity contribution in [1.29, 1.82) is 0 Å². The fourth-order valence-electron chi connectivity index (χ4n) is 1.42. The summed E-state index contributed by atoms with van der Waals surface area (Å²) in [6.45, 7) is 4.04. The van der Waals surface area contributed by atoms with Gasteiger partial charge in [-0.3, -0.25) is 0 Å².